The van der Waals surface area contributed by atoms with Crippen LogP contribution in [0.3, 0.4) is 0 Å². The van der Waals surface area contributed by atoms with Gasteiger partial charge >= 0.3 is 0 Å². The normalized spacial score (nSPS) is 11.7. The molecule has 0 fully saturated rings. The van der Waals surface area contributed by atoms with E-state index in [1.165, 1.54) is 16.9 Å². The maximum absolute atomic E-state index is 12.5. The summed E-state index contributed by atoms with van der Waals surface area (Å²) in [6.07, 6.45) is 0. The molecule has 0 unspecified atom stereocenters. The van der Waals surface area contributed by atoms with Gasteiger partial charge in [0.1, 0.15) is 0 Å². The Morgan fingerprint density at radius 2 is 1.70 bits per heavy atom. The van der Waals surface area contributed by atoms with Crippen molar-refractivity contribution in [3.05, 3.63) is 65.7 Å². The molecule has 0 aliphatic heterocycles. The summed E-state index contributed by atoms with van der Waals surface area (Å²) in [5.74, 6) is 0.457. The van der Waals surface area contributed by atoms with Crippen molar-refractivity contribution in [1.29, 1.82) is 0 Å². The Bertz CT molecular complexity index is 1090. The Kier molecular flexibility index (Phi) is 4.24. The van der Waals surface area contributed by atoms with Crippen molar-refractivity contribution in [1.82, 2.24) is 19.8 Å². The van der Waals surface area contributed by atoms with Gasteiger partial charge < -0.3 is 0 Å². The number of amides is 1. The monoisotopic (exact) mass is 377 g/mol. The van der Waals surface area contributed by atoms with E-state index in [0.717, 1.165) is 5.56 Å². The van der Waals surface area contributed by atoms with Gasteiger partial charge in [0.25, 0.3) is 5.91 Å². The molecule has 1 N–H and O–H groups in total. The van der Waals surface area contributed by atoms with Crippen molar-refractivity contribution in [3.8, 4) is 11.4 Å². The van der Waals surface area contributed by atoms with Crippen LogP contribution in [-0.4, -0.2) is 25.7 Å². The standard InChI is InChI=1S/C20H19N5OS/c1-20(2,3)15-11-9-14(10-12-15)17(26)21-18-24-25-16(22-23-19(25)27-18)13-7-5-4-6-8-13/h4-12H,1-3H3,(H,21,24,26). The first-order valence-corrected chi connectivity index (χ1v) is 9.43. The number of anilines is 1. The number of rotatable bonds is 3. The van der Waals surface area contributed by atoms with Crippen LogP contribution in [0.4, 0.5) is 5.13 Å². The molecule has 4 aromatic rings. The minimum absolute atomic E-state index is 0.0520. The molecule has 0 atom stereocenters. The Balaban J connectivity index is 1.57. The van der Waals surface area contributed by atoms with Crippen molar-refractivity contribution in [2.24, 2.45) is 0 Å². The fraction of sp³-hybridized carbons (Fsp3) is 0.200. The highest BCUT2D eigenvalue weighted by atomic mass is 32.1. The van der Waals surface area contributed by atoms with Crippen LogP contribution in [0.2, 0.25) is 0 Å². The molecule has 2 aromatic heterocycles. The van der Waals surface area contributed by atoms with E-state index in [4.69, 9.17) is 0 Å². The second kappa shape index (κ2) is 6.59. The fourth-order valence-electron chi connectivity index (χ4n) is 2.73. The summed E-state index contributed by atoms with van der Waals surface area (Å²) in [5.41, 5.74) is 2.75. The van der Waals surface area contributed by atoms with Gasteiger partial charge in [-0.2, -0.15) is 4.52 Å². The Hall–Kier alpha value is -3.06. The molecule has 136 valence electrons. The number of fused-ring (bicyclic) bond motifs is 1. The molecule has 0 spiro atoms. The van der Waals surface area contributed by atoms with Gasteiger partial charge in [0.2, 0.25) is 10.1 Å². The fourth-order valence-corrected chi connectivity index (χ4v) is 3.46. The zero-order valence-corrected chi connectivity index (χ0v) is 16.1. The third kappa shape index (κ3) is 3.46. The van der Waals surface area contributed by atoms with E-state index in [1.807, 2.05) is 54.6 Å². The van der Waals surface area contributed by atoms with Gasteiger partial charge in [0, 0.05) is 11.1 Å². The van der Waals surface area contributed by atoms with Crippen LogP contribution >= 0.6 is 11.3 Å². The molecule has 7 heteroatoms. The molecule has 0 saturated heterocycles. The van der Waals surface area contributed by atoms with Crippen molar-refractivity contribution >= 4 is 27.3 Å². The van der Waals surface area contributed by atoms with E-state index in [1.54, 1.807) is 4.52 Å². The average molecular weight is 377 g/mol. The van der Waals surface area contributed by atoms with E-state index in [2.05, 4.69) is 41.4 Å². The topological polar surface area (TPSA) is 72.2 Å². The van der Waals surface area contributed by atoms with Crippen LogP contribution < -0.4 is 5.32 Å². The van der Waals surface area contributed by atoms with Gasteiger partial charge in [-0.3, -0.25) is 10.1 Å². The minimum Gasteiger partial charge on any atom is -0.296 e. The molecule has 6 nitrogen and oxygen atoms in total. The van der Waals surface area contributed by atoms with Gasteiger partial charge in [-0.15, -0.1) is 15.3 Å². The maximum Gasteiger partial charge on any atom is 0.257 e. The molecular weight excluding hydrogens is 358 g/mol. The Morgan fingerprint density at radius 1 is 1.00 bits per heavy atom. The molecule has 2 heterocycles. The van der Waals surface area contributed by atoms with E-state index >= 15 is 0 Å². The van der Waals surface area contributed by atoms with E-state index < -0.39 is 0 Å². The van der Waals surface area contributed by atoms with Crippen LogP contribution in [0.5, 0.6) is 0 Å². The smallest absolute Gasteiger partial charge is 0.257 e. The van der Waals surface area contributed by atoms with E-state index in [0.29, 0.717) is 21.5 Å². The first kappa shape index (κ1) is 17.4. The number of hydrogen-bond donors (Lipinski definition) is 1. The summed E-state index contributed by atoms with van der Waals surface area (Å²) in [6.45, 7) is 6.43. The molecule has 27 heavy (non-hydrogen) atoms. The molecule has 0 aliphatic rings. The lowest BCUT2D eigenvalue weighted by molar-refractivity contribution is 0.102. The lowest BCUT2D eigenvalue weighted by Crippen LogP contribution is -2.14. The highest BCUT2D eigenvalue weighted by Gasteiger charge is 2.17. The zero-order valence-electron chi connectivity index (χ0n) is 15.3. The van der Waals surface area contributed by atoms with Crippen LogP contribution in [-0.2, 0) is 5.41 Å². The van der Waals surface area contributed by atoms with E-state index in [-0.39, 0.29) is 11.3 Å². The van der Waals surface area contributed by atoms with Crippen LogP contribution in [0.1, 0.15) is 36.7 Å². The van der Waals surface area contributed by atoms with Gasteiger partial charge in [0.15, 0.2) is 5.82 Å². The molecule has 0 aliphatic carbocycles. The summed E-state index contributed by atoms with van der Waals surface area (Å²) in [6, 6.07) is 17.4. The van der Waals surface area contributed by atoms with Crippen molar-refractivity contribution < 1.29 is 4.79 Å². The zero-order chi connectivity index (χ0) is 19.0. The Labute approximate surface area is 160 Å². The molecule has 2 aromatic carbocycles. The first-order chi connectivity index (χ1) is 12.9. The van der Waals surface area contributed by atoms with Gasteiger partial charge in [-0.25, -0.2) is 0 Å². The predicted octanol–water partition coefficient (Wildman–Crippen LogP) is 4.40. The summed E-state index contributed by atoms with van der Waals surface area (Å²) in [4.78, 5) is 13.2. The molecule has 1 amide bonds. The van der Waals surface area contributed by atoms with Crippen molar-refractivity contribution in [2.75, 3.05) is 5.32 Å². The predicted molar refractivity (Wildman–Crippen MR) is 107 cm³/mol. The summed E-state index contributed by atoms with van der Waals surface area (Å²) in [5, 5.41) is 16.1. The van der Waals surface area contributed by atoms with Crippen LogP contribution in [0.15, 0.2) is 54.6 Å². The molecule has 4 rings (SSSR count). The highest BCUT2D eigenvalue weighted by Crippen LogP contribution is 2.25. The number of benzene rings is 2. The first-order valence-electron chi connectivity index (χ1n) is 8.61. The summed E-state index contributed by atoms with van der Waals surface area (Å²) < 4.78 is 1.65. The number of nitrogens with zero attached hydrogens (tertiary/aromatic N) is 4. The van der Waals surface area contributed by atoms with Crippen molar-refractivity contribution in [2.45, 2.75) is 26.2 Å². The molecule has 0 saturated carbocycles. The van der Waals surface area contributed by atoms with Gasteiger partial charge in [-0.1, -0.05) is 74.6 Å². The number of aromatic nitrogens is 4. The third-order valence-electron chi connectivity index (χ3n) is 4.26. The van der Waals surface area contributed by atoms with E-state index in [9.17, 15) is 4.79 Å². The minimum atomic E-state index is -0.193. The largest absolute Gasteiger partial charge is 0.296 e. The lowest BCUT2D eigenvalue weighted by Gasteiger charge is -2.18. The van der Waals surface area contributed by atoms with Gasteiger partial charge in [-0.05, 0) is 23.1 Å². The number of carbonyl (C=O) groups excluding carboxylic acids is 1. The maximum atomic E-state index is 12.5. The SMILES string of the molecule is CC(C)(C)c1ccc(C(=O)Nc2nn3c(-c4ccccc4)nnc3s2)cc1. The average Bonchev–Trinajstić information content (AvgIpc) is 3.22. The van der Waals surface area contributed by atoms with Crippen LogP contribution in [0, 0.1) is 0 Å². The van der Waals surface area contributed by atoms with Crippen LogP contribution in [0.25, 0.3) is 16.3 Å². The summed E-state index contributed by atoms with van der Waals surface area (Å²) >= 11 is 1.29. The molecule has 0 radical (unpaired) electrons. The molecule has 0 bridgehead atoms. The highest BCUT2D eigenvalue weighted by molar-refractivity contribution is 7.20. The lowest BCUT2D eigenvalue weighted by atomic mass is 9.87. The number of nitrogens with one attached hydrogen (secondary N) is 1. The van der Waals surface area contributed by atoms with Crippen molar-refractivity contribution in [3.63, 3.8) is 0 Å². The second-order valence-corrected chi connectivity index (χ2v) is 8.23. The second-order valence-electron chi connectivity index (χ2n) is 7.27. The molecular formula is C20H19N5OS. The third-order valence-corrected chi connectivity index (χ3v) is 5.07. The summed E-state index contributed by atoms with van der Waals surface area (Å²) in [7, 11) is 0. The Morgan fingerprint density at radius 3 is 2.37 bits per heavy atom. The number of hydrogen-bond acceptors (Lipinski definition) is 5. The van der Waals surface area contributed by atoms with Gasteiger partial charge in [0.05, 0.1) is 0 Å². The number of carbonyl (C=O) groups is 1. The quantitative estimate of drug-likeness (QED) is 0.574.